The number of imidazole rings is 1. The number of nitrogens with zero attached hydrogens (tertiary/aromatic N) is 3. The first-order valence-electron chi connectivity index (χ1n) is 8.00. The Morgan fingerprint density at radius 1 is 1.08 bits per heavy atom. The topological polar surface area (TPSA) is 72.5 Å². The Hall–Kier alpha value is -2.92. The molecule has 0 spiro atoms. The number of hydrogen-bond acceptors (Lipinski definition) is 3. The first-order chi connectivity index (χ1) is 11.8. The molecule has 0 bridgehead atoms. The van der Waals surface area contributed by atoms with E-state index in [9.17, 15) is 0 Å². The van der Waals surface area contributed by atoms with Crippen LogP contribution in [0.4, 0.5) is 0 Å². The fourth-order valence-electron chi connectivity index (χ4n) is 3.12. The maximum absolute atomic E-state index is 6.07. The second kappa shape index (κ2) is 5.94. The van der Waals surface area contributed by atoms with Crippen LogP contribution in [-0.2, 0) is 7.05 Å². The van der Waals surface area contributed by atoms with Crippen molar-refractivity contribution in [3.05, 3.63) is 72.2 Å². The van der Waals surface area contributed by atoms with Crippen molar-refractivity contribution >= 4 is 11.0 Å². The number of rotatable bonds is 4. The number of hydrogen-bond donors (Lipinski definition) is 2. The summed E-state index contributed by atoms with van der Waals surface area (Å²) >= 11 is 0. The molecule has 0 fully saturated rings. The van der Waals surface area contributed by atoms with E-state index in [2.05, 4.69) is 26.9 Å². The minimum atomic E-state index is -0.0210. The minimum absolute atomic E-state index is 0.0210. The van der Waals surface area contributed by atoms with E-state index in [1.807, 2.05) is 55.6 Å². The van der Waals surface area contributed by atoms with Gasteiger partial charge in [-0.25, -0.2) is 4.98 Å². The van der Waals surface area contributed by atoms with Crippen molar-refractivity contribution in [2.75, 3.05) is 6.54 Å². The van der Waals surface area contributed by atoms with E-state index in [0.29, 0.717) is 6.54 Å². The molecule has 3 N–H and O–H groups in total. The number of aromatic amines is 1. The Morgan fingerprint density at radius 2 is 1.83 bits per heavy atom. The monoisotopic (exact) mass is 317 g/mol. The SMILES string of the molecule is Cn1c(C(CN)c2cc(-c3ccccc3)n[nH]2)nc2ccccc21. The molecule has 1 unspecified atom stereocenters. The van der Waals surface area contributed by atoms with Gasteiger partial charge in [0.15, 0.2) is 0 Å². The molecule has 24 heavy (non-hydrogen) atoms. The average molecular weight is 317 g/mol. The summed E-state index contributed by atoms with van der Waals surface area (Å²) in [5.74, 6) is 0.925. The highest BCUT2D eigenvalue weighted by Crippen LogP contribution is 2.27. The van der Waals surface area contributed by atoms with Gasteiger partial charge in [0.05, 0.1) is 22.6 Å². The summed E-state index contributed by atoms with van der Waals surface area (Å²) in [6.07, 6.45) is 0. The molecular formula is C19H19N5. The molecule has 2 aromatic carbocycles. The molecule has 0 saturated heterocycles. The zero-order valence-electron chi connectivity index (χ0n) is 13.5. The van der Waals surface area contributed by atoms with E-state index >= 15 is 0 Å². The van der Waals surface area contributed by atoms with Crippen LogP contribution in [0.15, 0.2) is 60.7 Å². The second-order valence-corrected chi connectivity index (χ2v) is 5.88. The molecule has 0 aliphatic heterocycles. The molecular weight excluding hydrogens is 298 g/mol. The highest BCUT2D eigenvalue weighted by atomic mass is 15.1. The van der Waals surface area contributed by atoms with Crippen molar-refractivity contribution in [3.63, 3.8) is 0 Å². The van der Waals surface area contributed by atoms with Crippen molar-refractivity contribution in [2.24, 2.45) is 12.8 Å². The molecule has 5 heteroatoms. The predicted octanol–water partition coefficient (Wildman–Crippen LogP) is 3.05. The second-order valence-electron chi connectivity index (χ2n) is 5.88. The van der Waals surface area contributed by atoms with E-state index in [0.717, 1.165) is 33.8 Å². The van der Waals surface area contributed by atoms with Gasteiger partial charge in [0.1, 0.15) is 5.82 Å². The van der Waals surface area contributed by atoms with Gasteiger partial charge in [-0.1, -0.05) is 42.5 Å². The van der Waals surface area contributed by atoms with Crippen molar-refractivity contribution in [1.82, 2.24) is 19.7 Å². The number of fused-ring (bicyclic) bond motifs is 1. The summed E-state index contributed by atoms with van der Waals surface area (Å²) in [4.78, 5) is 4.78. The van der Waals surface area contributed by atoms with Gasteiger partial charge >= 0.3 is 0 Å². The molecule has 2 heterocycles. The summed E-state index contributed by atoms with van der Waals surface area (Å²) in [5, 5.41) is 7.59. The van der Waals surface area contributed by atoms with E-state index in [1.54, 1.807) is 0 Å². The molecule has 4 aromatic rings. The number of benzene rings is 2. The summed E-state index contributed by atoms with van der Waals surface area (Å²) < 4.78 is 2.11. The number of aryl methyl sites for hydroxylation is 1. The molecule has 0 aliphatic rings. The Morgan fingerprint density at radius 3 is 2.58 bits per heavy atom. The lowest BCUT2D eigenvalue weighted by Crippen LogP contribution is -2.18. The maximum Gasteiger partial charge on any atom is 0.120 e. The van der Waals surface area contributed by atoms with Gasteiger partial charge in [0, 0.05) is 24.8 Å². The van der Waals surface area contributed by atoms with Crippen molar-refractivity contribution in [3.8, 4) is 11.3 Å². The molecule has 4 rings (SSSR count). The fourth-order valence-corrected chi connectivity index (χ4v) is 3.12. The lowest BCUT2D eigenvalue weighted by atomic mass is 10.0. The lowest BCUT2D eigenvalue weighted by molar-refractivity contribution is 0.688. The molecule has 0 radical (unpaired) electrons. The fraction of sp³-hybridized carbons (Fsp3) is 0.158. The van der Waals surface area contributed by atoms with Gasteiger partial charge in [-0.05, 0) is 18.2 Å². The molecule has 0 saturated carbocycles. The Kier molecular flexibility index (Phi) is 3.63. The van der Waals surface area contributed by atoms with Crippen LogP contribution in [0.1, 0.15) is 17.4 Å². The van der Waals surface area contributed by atoms with Crippen LogP contribution < -0.4 is 5.73 Å². The minimum Gasteiger partial charge on any atom is -0.331 e. The summed E-state index contributed by atoms with van der Waals surface area (Å²) in [5.41, 5.74) is 11.1. The van der Waals surface area contributed by atoms with Crippen LogP contribution in [0.5, 0.6) is 0 Å². The van der Waals surface area contributed by atoms with Crippen LogP contribution in [0.25, 0.3) is 22.3 Å². The first kappa shape index (κ1) is 14.7. The van der Waals surface area contributed by atoms with Crippen LogP contribution in [0.3, 0.4) is 0 Å². The third-order valence-corrected chi connectivity index (χ3v) is 4.41. The van der Waals surface area contributed by atoms with Crippen molar-refractivity contribution in [1.29, 1.82) is 0 Å². The number of para-hydroxylation sites is 2. The normalized spacial score (nSPS) is 12.6. The quantitative estimate of drug-likeness (QED) is 0.607. The van der Waals surface area contributed by atoms with Gasteiger partial charge in [-0.2, -0.15) is 5.10 Å². The van der Waals surface area contributed by atoms with E-state index in [4.69, 9.17) is 10.7 Å². The van der Waals surface area contributed by atoms with Crippen molar-refractivity contribution < 1.29 is 0 Å². The van der Waals surface area contributed by atoms with Gasteiger partial charge < -0.3 is 10.3 Å². The van der Waals surface area contributed by atoms with Crippen LogP contribution in [0, 0.1) is 0 Å². The number of H-pyrrole nitrogens is 1. The summed E-state index contributed by atoms with van der Waals surface area (Å²) in [6.45, 7) is 0.466. The van der Waals surface area contributed by atoms with Crippen LogP contribution in [0.2, 0.25) is 0 Å². The molecule has 120 valence electrons. The van der Waals surface area contributed by atoms with Gasteiger partial charge in [-0.15, -0.1) is 0 Å². The highest BCUT2D eigenvalue weighted by Gasteiger charge is 2.21. The van der Waals surface area contributed by atoms with Crippen LogP contribution >= 0.6 is 0 Å². The van der Waals surface area contributed by atoms with Gasteiger partial charge in [-0.3, -0.25) is 5.10 Å². The third-order valence-electron chi connectivity index (χ3n) is 4.41. The molecule has 0 amide bonds. The number of aromatic nitrogens is 4. The molecule has 5 nitrogen and oxygen atoms in total. The predicted molar refractivity (Wildman–Crippen MR) is 95.6 cm³/mol. The Bertz CT molecular complexity index is 968. The molecule has 2 aromatic heterocycles. The average Bonchev–Trinajstić information content (AvgIpc) is 3.23. The number of nitrogens with one attached hydrogen (secondary N) is 1. The summed E-state index contributed by atoms with van der Waals surface area (Å²) in [7, 11) is 2.03. The molecule has 1 atom stereocenters. The molecule has 0 aliphatic carbocycles. The van der Waals surface area contributed by atoms with E-state index < -0.39 is 0 Å². The largest absolute Gasteiger partial charge is 0.331 e. The van der Waals surface area contributed by atoms with Gasteiger partial charge in [0.25, 0.3) is 0 Å². The van der Waals surface area contributed by atoms with E-state index in [-0.39, 0.29) is 5.92 Å². The highest BCUT2D eigenvalue weighted by molar-refractivity contribution is 5.76. The first-order valence-corrected chi connectivity index (χ1v) is 8.00. The third kappa shape index (κ3) is 2.39. The standard InChI is InChI=1S/C19H19N5/c1-24-18-10-6-5-9-15(18)21-19(24)14(12-20)17-11-16(22-23-17)13-7-3-2-4-8-13/h2-11,14H,12,20H2,1H3,(H,22,23). The smallest absolute Gasteiger partial charge is 0.120 e. The number of nitrogens with two attached hydrogens (primary N) is 1. The van der Waals surface area contributed by atoms with Crippen LogP contribution in [-0.4, -0.2) is 26.3 Å². The van der Waals surface area contributed by atoms with Crippen molar-refractivity contribution in [2.45, 2.75) is 5.92 Å². The zero-order chi connectivity index (χ0) is 16.5. The Labute approximate surface area is 140 Å². The maximum atomic E-state index is 6.07. The summed E-state index contributed by atoms with van der Waals surface area (Å²) in [6, 6.07) is 20.3. The van der Waals surface area contributed by atoms with E-state index in [1.165, 1.54) is 0 Å². The van der Waals surface area contributed by atoms with Gasteiger partial charge in [0.2, 0.25) is 0 Å². The lowest BCUT2D eigenvalue weighted by Gasteiger charge is -2.12. The zero-order valence-corrected chi connectivity index (χ0v) is 13.5. The Balaban J connectivity index is 1.76.